The summed E-state index contributed by atoms with van der Waals surface area (Å²) in [7, 11) is 0. The van der Waals surface area contributed by atoms with E-state index in [1.54, 1.807) is 12.3 Å². The first-order chi connectivity index (χ1) is 9.83. The number of aromatic nitrogens is 1. The standard InChI is InChI=1S/C11H13NO.C7H17N/c1-7(2)10-6-12-11(9(4)13)5-8(10)3;1-3-4-7(2)5-6-8/h5-6H,1H2,2-4H3;7H,3-6,8H2,1-2H3. The Morgan fingerprint density at radius 3 is 2.38 bits per heavy atom. The number of carbonyl (C=O) groups is 1. The average Bonchev–Trinajstić information content (AvgIpc) is 2.39. The molecule has 2 N–H and O–H groups in total. The van der Waals surface area contributed by atoms with E-state index in [-0.39, 0.29) is 5.78 Å². The van der Waals surface area contributed by atoms with Crippen LogP contribution in [0, 0.1) is 12.8 Å². The zero-order valence-corrected chi connectivity index (χ0v) is 14.2. The number of carbonyl (C=O) groups excluding carboxylic acids is 1. The van der Waals surface area contributed by atoms with E-state index in [1.807, 2.05) is 13.8 Å². The summed E-state index contributed by atoms with van der Waals surface area (Å²) in [5, 5.41) is 0. The van der Waals surface area contributed by atoms with Crippen LogP contribution in [0.5, 0.6) is 0 Å². The van der Waals surface area contributed by atoms with Gasteiger partial charge in [0, 0.05) is 13.1 Å². The predicted molar refractivity (Wildman–Crippen MR) is 91.4 cm³/mol. The maximum absolute atomic E-state index is 11.0. The summed E-state index contributed by atoms with van der Waals surface area (Å²) >= 11 is 0. The van der Waals surface area contributed by atoms with Gasteiger partial charge in [-0.05, 0) is 55.5 Å². The van der Waals surface area contributed by atoms with E-state index in [9.17, 15) is 4.79 Å². The molecular formula is C18H30N2O. The molecule has 3 heteroatoms. The first-order valence-corrected chi connectivity index (χ1v) is 7.66. The summed E-state index contributed by atoms with van der Waals surface area (Å²) in [5.41, 5.74) is 8.92. The quantitative estimate of drug-likeness (QED) is 0.790. The minimum Gasteiger partial charge on any atom is -0.330 e. The highest BCUT2D eigenvalue weighted by atomic mass is 16.1. The highest BCUT2D eigenvalue weighted by Gasteiger charge is 2.04. The third kappa shape index (κ3) is 7.76. The van der Waals surface area contributed by atoms with Gasteiger partial charge in [0.15, 0.2) is 5.78 Å². The Balaban J connectivity index is 0.000000433. The number of pyridine rings is 1. The number of hydrogen-bond acceptors (Lipinski definition) is 3. The number of rotatable bonds is 6. The van der Waals surface area contributed by atoms with Crippen LogP contribution in [0.3, 0.4) is 0 Å². The van der Waals surface area contributed by atoms with Crippen molar-refractivity contribution in [3.63, 3.8) is 0 Å². The van der Waals surface area contributed by atoms with Crippen molar-refractivity contribution in [3.8, 4) is 0 Å². The van der Waals surface area contributed by atoms with Crippen LogP contribution in [0.25, 0.3) is 5.57 Å². The molecule has 1 atom stereocenters. The third-order valence-electron chi connectivity index (χ3n) is 3.37. The molecule has 0 spiro atoms. The highest BCUT2D eigenvalue weighted by Crippen LogP contribution is 2.16. The molecule has 0 aromatic carbocycles. The zero-order valence-electron chi connectivity index (χ0n) is 14.2. The van der Waals surface area contributed by atoms with Crippen LogP contribution in [0.15, 0.2) is 18.8 Å². The van der Waals surface area contributed by atoms with E-state index in [2.05, 4.69) is 25.4 Å². The van der Waals surface area contributed by atoms with Crippen LogP contribution >= 0.6 is 0 Å². The molecule has 0 bridgehead atoms. The van der Waals surface area contributed by atoms with E-state index in [0.29, 0.717) is 5.69 Å². The number of nitrogens with two attached hydrogens (primary N) is 1. The molecule has 0 aliphatic carbocycles. The summed E-state index contributed by atoms with van der Waals surface area (Å²) in [6.07, 6.45) is 5.51. The number of allylic oxidation sites excluding steroid dienone is 1. The molecule has 1 aromatic heterocycles. The lowest BCUT2D eigenvalue weighted by Crippen LogP contribution is -2.04. The van der Waals surface area contributed by atoms with Crippen molar-refractivity contribution in [2.75, 3.05) is 6.54 Å². The Morgan fingerprint density at radius 1 is 1.38 bits per heavy atom. The predicted octanol–water partition coefficient (Wildman–Crippen LogP) is 4.40. The van der Waals surface area contributed by atoms with Crippen LogP contribution < -0.4 is 5.73 Å². The second kappa shape index (κ2) is 10.3. The molecule has 21 heavy (non-hydrogen) atoms. The molecule has 1 rings (SSSR count). The monoisotopic (exact) mass is 290 g/mol. The van der Waals surface area contributed by atoms with Gasteiger partial charge in [0.05, 0.1) is 0 Å². The normalized spacial score (nSPS) is 11.3. The van der Waals surface area contributed by atoms with Crippen LogP contribution in [0.1, 0.15) is 68.6 Å². The summed E-state index contributed by atoms with van der Waals surface area (Å²) < 4.78 is 0. The van der Waals surface area contributed by atoms with E-state index in [0.717, 1.165) is 29.2 Å². The molecule has 1 heterocycles. The Labute approximate surface area is 129 Å². The molecule has 3 nitrogen and oxygen atoms in total. The molecule has 118 valence electrons. The lowest BCUT2D eigenvalue weighted by atomic mass is 10.0. The van der Waals surface area contributed by atoms with E-state index < -0.39 is 0 Å². The number of hydrogen-bond donors (Lipinski definition) is 1. The Hall–Kier alpha value is -1.48. The van der Waals surface area contributed by atoms with Crippen molar-refractivity contribution >= 4 is 11.4 Å². The van der Waals surface area contributed by atoms with Gasteiger partial charge in [0.1, 0.15) is 5.69 Å². The van der Waals surface area contributed by atoms with Crippen molar-refractivity contribution in [2.24, 2.45) is 11.7 Å². The molecule has 0 aliphatic heterocycles. The Kier molecular flexibility index (Phi) is 9.55. The van der Waals surface area contributed by atoms with Crippen LogP contribution in [0.2, 0.25) is 0 Å². The van der Waals surface area contributed by atoms with Crippen molar-refractivity contribution in [1.29, 1.82) is 0 Å². The minimum absolute atomic E-state index is 0.00337. The molecule has 0 saturated heterocycles. The van der Waals surface area contributed by atoms with Crippen molar-refractivity contribution in [2.45, 2.75) is 53.9 Å². The van der Waals surface area contributed by atoms with Crippen molar-refractivity contribution in [1.82, 2.24) is 4.98 Å². The maximum atomic E-state index is 11.0. The molecule has 0 saturated carbocycles. The number of aryl methyl sites for hydroxylation is 1. The van der Waals surface area contributed by atoms with E-state index in [4.69, 9.17) is 5.73 Å². The highest BCUT2D eigenvalue weighted by molar-refractivity contribution is 5.92. The fourth-order valence-corrected chi connectivity index (χ4v) is 2.12. The first kappa shape index (κ1) is 19.5. The van der Waals surface area contributed by atoms with Gasteiger partial charge in [-0.1, -0.05) is 33.3 Å². The molecule has 1 unspecified atom stereocenters. The third-order valence-corrected chi connectivity index (χ3v) is 3.37. The molecule has 0 fully saturated rings. The van der Waals surface area contributed by atoms with Gasteiger partial charge in [-0.25, -0.2) is 0 Å². The number of nitrogens with zero attached hydrogens (tertiary/aromatic N) is 1. The SMILES string of the molecule is C=C(C)c1cnc(C(C)=O)cc1C.CCCC(C)CCN. The summed E-state index contributed by atoms with van der Waals surface area (Å²) in [6.45, 7) is 14.6. The van der Waals surface area contributed by atoms with Gasteiger partial charge in [-0.3, -0.25) is 9.78 Å². The number of ketones is 1. The van der Waals surface area contributed by atoms with Crippen LogP contribution in [0.4, 0.5) is 0 Å². The van der Waals surface area contributed by atoms with E-state index in [1.165, 1.54) is 26.2 Å². The molecular weight excluding hydrogens is 260 g/mol. The van der Waals surface area contributed by atoms with Crippen molar-refractivity contribution in [3.05, 3.63) is 35.7 Å². The van der Waals surface area contributed by atoms with Gasteiger partial charge in [-0.15, -0.1) is 0 Å². The summed E-state index contributed by atoms with van der Waals surface area (Å²) in [6, 6.07) is 1.80. The fraction of sp³-hybridized carbons (Fsp3) is 0.556. The average molecular weight is 290 g/mol. The lowest BCUT2D eigenvalue weighted by molar-refractivity contribution is 0.101. The van der Waals surface area contributed by atoms with Crippen LogP contribution in [-0.4, -0.2) is 17.3 Å². The first-order valence-electron chi connectivity index (χ1n) is 7.66. The van der Waals surface area contributed by atoms with Gasteiger partial charge < -0.3 is 5.73 Å². The topological polar surface area (TPSA) is 56.0 Å². The largest absolute Gasteiger partial charge is 0.330 e. The number of Topliss-reactive ketones (excluding diaryl/α,β-unsaturated/α-hetero) is 1. The van der Waals surface area contributed by atoms with Gasteiger partial charge in [0.25, 0.3) is 0 Å². The van der Waals surface area contributed by atoms with E-state index >= 15 is 0 Å². The van der Waals surface area contributed by atoms with Crippen LogP contribution in [-0.2, 0) is 0 Å². The summed E-state index contributed by atoms with van der Waals surface area (Å²) in [5.74, 6) is 0.835. The lowest BCUT2D eigenvalue weighted by Gasteiger charge is -2.05. The smallest absolute Gasteiger partial charge is 0.178 e. The van der Waals surface area contributed by atoms with Gasteiger partial charge in [-0.2, -0.15) is 0 Å². The maximum Gasteiger partial charge on any atom is 0.178 e. The second-order valence-corrected chi connectivity index (χ2v) is 5.69. The molecule has 0 amide bonds. The van der Waals surface area contributed by atoms with Crippen molar-refractivity contribution < 1.29 is 4.79 Å². The Bertz CT molecular complexity index is 460. The second-order valence-electron chi connectivity index (χ2n) is 5.69. The summed E-state index contributed by atoms with van der Waals surface area (Å²) in [4.78, 5) is 15.0. The molecule has 0 aliphatic rings. The zero-order chi connectivity index (χ0) is 16.4. The fourth-order valence-electron chi connectivity index (χ4n) is 2.12. The Morgan fingerprint density at radius 2 is 2.00 bits per heavy atom. The van der Waals surface area contributed by atoms with Gasteiger partial charge >= 0.3 is 0 Å². The molecule has 0 radical (unpaired) electrons. The minimum atomic E-state index is -0.00337. The molecule has 1 aromatic rings. The van der Waals surface area contributed by atoms with Gasteiger partial charge in [0.2, 0.25) is 0 Å².